The number of benzene rings is 4. The van der Waals surface area contributed by atoms with Crippen LogP contribution in [0.4, 0.5) is 5.69 Å². The zero-order chi connectivity index (χ0) is 22.6. The summed E-state index contributed by atoms with van der Waals surface area (Å²) in [7, 11) is 0. The Balaban J connectivity index is 1.32. The van der Waals surface area contributed by atoms with Crippen LogP contribution in [0.25, 0.3) is 21.7 Å². The summed E-state index contributed by atoms with van der Waals surface area (Å²) in [6, 6.07) is 30.6. The summed E-state index contributed by atoms with van der Waals surface area (Å²) >= 11 is 0. The van der Waals surface area contributed by atoms with Crippen molar-refractivity contribution in [2.24, 2.45) is 0 Å². The number of hydrogen-bond donors (Lipinski definition) is 1. The van der Waals surface area contributed by atoms with Gasteiger partial charge in [0.25, 0.3) is 0 Å². The minimum absolute atomic E-state index is 0.362. The molecule has 1 N–H and O–H groups in total. The SMILES string of the molecule is N#Cc1cccc(COc2ccc(NCc3cc(=O)oc4ccc5ccccc5c34)cc2)c1. The molecular formula is C28H20N2O3. The quantitative estimate of drug-likeness (QED) is 0.263. The fourth-order valence-electron chi connectivity index (χ4n) is 3.92. The maximum absolute atomic E-state index is 12.1. The molecule has 0 bridgehead atoms. The van der Waals surface area contributed by atoms with E-state index >= 15 is 0 Å². The van der Waals surface area contributed by atoms with Crippen molar-refractivity contribution in [1.82, 2.24) is 0 Å². The highest BCUT2D eigenvalue weighted by Crippen LogP contribution is 2.28. The maximum atomic E-state index is 12.1. The molecule has 1 heterocycles. The Hall–Kier alpha value is -4.56. The van der Waals surface area contributed by atoms with Crippen LogP contribution in [0.15, 0.2) is 100 Å². The number of anilines is 1. The van der Waals surface area contributed by atoms with Gasteiger partial charge in [-0.1, -0.05) is 42.5 Å². The zero-order valence-corrected chi connectivity index (χ0v) is 17.7. The second-order valence-electron chi connectivity index (χ2n) is 7.73. The molecule has 0 saturated carbocycles. The van der Waals surface area contributed by atoms with Crippen LogP contribution in [-0.2, 0) is 13.2 Å². The molecule has 0 aliphatic heterocycles. The van der Waals surface area contributed by atoms with Crippen LogP contribution < -0.4 is 15.7 Å². The van der Waals surface area contributed by atoms with E-state index in [9.17, 15) is 4.79 Å². The van der Waals surface area contributed by atoms with Gasteiger partial charge < -0.3 is 14.5 Å². The van der Waals surface area contributed by atoms with Crippen molar-refractivity contribution < 1.29 is 9.15 Å². The number of rotatable bonds is 6. The molecule has 0 fully saturated rings. The Morgan fingerprint density at radius 2 is 1.76 bits per heavy atom. The lowest BCUT2D eigenvalue weighted by Gasteiger charge is -2.12. The van der Waals surface area contributed by atoms with E-state index in [1.54, 1.807) is 12.1 Å². The second-order valence-corrected chi connectivity index (χ2v) is 7.73. The van der Waals surface area contributed by atoms with E-state index in [1.807, 2.05) is 78.9 Å². The zero-order valence-electron chi connectivity index (χ0n) is 17.7. The standard InChI is InChI=1S/C28H20N2O3/c29-16-19-4-3-5-20(14-19)18-32-24-11-9-23(10-12-24)30-17-22-15-27(31)33-26-13-8-21-6-1-2-7-25(21)28(22)26/h1-15,30H,17-18H2. The van der Waals surface area contributed by atoms with Crippen LogP contribution in [0.3, 0.4) is 0 Å². The summed E-state index contributed by atoms with van der Waals surface area (Å²) in [4.78, 5) is 12.1. The third kappa shape index (κ3) is 4.41. The summed E-state index contributed by atoms with van der Waals surface area (Å²) in [6.07, 6.45) is 0. The van der Waals surface area contributed by atoms with E-state index in [-0.39, 0.29) is 5.63 Å². The molecule has 0 saturated heterocycles. The number of nitriles is 1. The third-order valence-electron chi connectivity index (χ3n) is 5.51. The van der Waals surface area contributed by atoms with Gasteiger partial charge in [0.2, 0.25) is 0 Å². The van der Waals surface area contributed by atoms with Crippen LogP contribution in [0.1, 0.15) is 16.7 Å². The average molecular weight is 432 g/mol. The molecule has 160 valence electrons. The molecule has 1 aromatic heterocycles. The lowest BCUT2D eigenvalue weighted by Crippen LogP contribution is -2.06. The molecule has 0 spiro atoms. The first kappa shape index (κ1) is 20.3. The van der Waals surface area contributed by atoms with Crippen molar-refractivity contribution in [3.05, 3.63) is 118 Å². The van der Waals surface area contributed by atoms with Gasteiger partial charge in [-0.3, -0.25) is 0 Å². The summed E-state index contributed by atoms with van der Waals surface area (Å²) in [5, 5.41) is 15.5. The molecule has 5 nitrogen and oxygen atoms in total. The Kier molecular flexibility index (Phi) is 5.48. The fraction of sp³-hybridized carbons (Fsp3) is 0.0714. The lowest BCUT2D eigenvalue weighted by molar-refractivity contribution is 0.306. The van der Waals surface area contributed by atoms with Crippen LogP contribution in [-0.4, -0.2) is 0 Å². The molecule has 5 rings (SSSR count). The summed E-state index contributed by atoms with van der Waals surface area (Å²) < 4.78 is 11.3. The Bertz CT molecular complexity index is 1550. The van der Waals surface area contributed by atoms with E-state index in [1.165, 1.54) is 0 Å². The third-order valence-corrected chi connectivity index (χ3v) is 5.51. The van der Waals surface area contributed by atoms with Crippen LogP contribution in [0.2, 0.25) is 0 Å². The number of nitrogens with zero attached hydrogens (tertiary/aromatic N) is 1. The Morgan fingerprint density at radius 1 is 0.909 bits per heavy atom. The average Bonchev–Trinajstić information content (AvgIpc) is 2.86. The fourth-order valence-corrected chi connectivity index (χ4v) is 3.92. The van der Waals surface area contributed by atoms with Crippen LogP contribution in [0, 0.1) is 11.3 Å². The summed E-state index contributed by atoms with van der Waals surface area (Å²) in [5.74, 6) is 0.736. The van der Waals surface area contributed by atoms with Gasteiger partial charge in [-0.2, -0.15) is 5.26 Å². The molecule has 0 amide bonds. The molecule has 0 aliphatic carbocycles. The number of nitrogens with one attached hydrogen (secondary N) is 1. The van der Waals surface area contributed by atoms with Gasteiger partial charge >= 0.3 is 5.63 Å². The number of hydrogen-bond acceptors (Lipinski definition) is 5. The molecule has 0 unspecified atom stereocenters. The maximum Gasteiger partial charge on any atom is 0.336 e. The second kappa shape index (κ2) is 8.89. The van der Waals surface area contributed by atoms with Gasteiger partial charge in [0, 0.05) is 23.7 Å². The van der Waals surface area contributed by atoms with Crippen LogP contribution in [0.5, 0.6) is 5.75 Å². The largest absolute Gasteiger partial charge is 0.489 e. The van der Waals surface area contributed by atoms with E-state index in [2.05, 4.69) is 11.4 Å². The highest BCUT2D eigenvalue weighted by Gasteiger charge is 2.09. The van der Waals surface area contributed by atoms with Gasteiger partial charge in [0.15, 0.2) is 0 Å². The van der Waals surface area contributed by atoms with E-state index in [0.29, 0.717) is 24.3 Å². The van der Waals surface area contributed by atoms with E-state index < -0.39 is 0 Å². The summed E-state index contributed by atoms with van der Waals surface area (Å²) in [6.45, 7) is 0.873. The molecule has 0 atom stereocenters. The van der Waals surface area contributed by atoms with Crippen molar-refractivity contribution in [2.75, 3.05) is 5.32 Å². The van der Waals surface area contributed by atoms with Gasteiger partial charge in [-0.25, -0.2) is 4.79 Å². The van der Waals surface area contributed by atoms with Crippen molar-refractivity contribution >= 4 is 27.4 Å². The first-order valence-electron chi connectivity index (χ1n) is 10.6. The Morgan fingerprint density at radius 3 is 2.61 bits per heavy atom. The monoisotopic (exact) mass is 432 g/mol. The number of ether oxygens (including phenoxy) is 1. The topological polar surface area (TPSA) is 75.3 Å². The molecule has 5 heteroatoms. The highest BCUT2D eigenvalue weighted by atomic mass is 16.5. The first-order valence-corrected chi connectivity index (χ1v) is 10.6. The van der Waals surface area contributed by atoms with Crippen molar-refractivity contribution in [2.45, 2.75) is 13.2 Å². The van der Waals surface area contributed by atoms with E-state index in [0.717, 1.165) is 38.7 Å². The van der Waals surface area contributed by atoms with E-state index in [4.69, 9.17) is 14.4 Å². The minimum atomic E-state index is -0.362. The highest BCUT2D eigenvalue weighted by molar-refractivity contribution is 6.07. The van der Waals surface area contributed by atoms with Gasteiger partial charge in [0.05, 0.1) is 11.6 Å². The molecule has 5 aromatic rings. The molecule has 0 radical (unpaired) electrons. The predicted octanol–water partition coefficient (Wildman–Crippen LogP) is 6.01. The van der Waals surface area contributed by atoms with Gasteiger partial charge in [0.1, 0.15) is 17.9 Å². The number of fused-ring (bicyclic) bond motifs is 3. The molecule has 0 aliphatic rings. The summed E-state index contributed by atoms with van der Waals surface area (Å²) in [5.41, 5.74) is 3.58. The molecular weight excluding hydrogens is 412 g/mol. The minimum Gasteiger partial charge on any atom is -0.489 e. The van der Waals surface area contributed by atoms with Crippen molar-refractivity contribution in [3.63, 3.8) is 0 Å². The van der Waals surface area contributed by atoms with Crippen molar-refractivity contribution in [3.8, 4) is 11.8 Å². The normalized spacial score (nSPS) is 10.8. The Labute approximate surface area is 190 Å². The molecule has 33 heavy (non-hydrogen) atoms. The smallest absolute Gasteiger partial charge is 0.336 e. The first-order chi connectivity index (χ1) is 16.2. The lowest BCUT2D eigenvalue weighted by atomic mass is 10.0. The van der Waals surface area contributed by atoms with Gasteiger partial charge in [-0.15, -0.1) is 0 Å². The molecule has 4 aromatic carbocycles. The van der Waals surface area contributed by atoms with Crippen molar-refractivity contribution in [1.29, 1.82) is 5.26 Å². The van der Waals surface area contributed by atoms with Crippen LogP contribution >= 0.6 is 0 Å². The predicted molar refractivity (Wildman–Crippen MR) is 129 cm³/mol. The van der Waals surface area contributed by atoms with Gasteiger partial charge in [-0.05, 0) is 64.4 Å².